The molecule has 0 radical (unpaired) electrons. The van der Waals surface area contributed by atoms with Crippen LogP contribution in [0.5, 0.6) is 0 Å². The van der Waals surface area contributed by atoms with E-state index in [4.69, 9.17) is 4.74 Å². The Morgan fingerprint density at radius 1 is 1.35 bits per heavy atom. The summed E-state index contributed by atoms with van der Waals surface area (Å²) in [6, 6.07) is 3.76. The fourth-order valence-electron chi connectivity index (χ4n) is 1.29. The van der Waals surface area contributed by atoms with Gasteiger partial charge in [-0.2, -0.15) is 0 Å². The van der Waals surface area contributed by atoms with Crippen LogP contribution in [-0.4, -0.2) is 11.0 Å². The number of aromatic nitrogens is 1. The average molecular weight is 235 g/mol. The van der Waals surface area contributed by atoms with Crippen LogP contribution in [0, 0.1) is 5.41 Å². The zero-order valence-corrected chi connectivity index (χ0v) is 11.3. The maximum atomic E-state index is 12.0. The molecule has 17 heavy (non-hydrogen) atoms. The summed E-state index contributed by atoms with van der Waals surface area (Å²) in [5.74, 6) is -0.172. The van der Waals surface area contributed by atoms with Crippen molar-refractivity contribution in [1.82, 2.24) is 4.98 Å². The van der Waals surface area contributed by atoms with E-state index in [9.17, 15) is 4.79 Å². The van der Waals surface area contributed by atoms with E-state index < -0.39 is 11.0 Å². The first-order valence-electron chi connectivity index (χ1n) is 5.93. The molecule has 0 aliphatic rings. The molecule has 1 heterocycles. The Hall–Kier alpha value is -1.38. The van der Waals surface area contributed by atoms with Crippen molar-refractivity contribution in [3.05, 3.63) is 30.1 Å². The second kappa shape index (κ2) is 4.86. The second-order valence-corrected chi connectivity index (χ2v) is 5.38. The molecule has 1 rings (SSSR count). The van der Waals surface area contributed by atoms with Crippen LogP contribution in [0.15, 0.2) is 24.5 Å². The maximum Gasteiger partial charge on any atom is 0.312 e. The minimum Gasteiger partial charge on any atom is -0.454 e. The highest BCUT2D eigenvalue weighted by Crippen LogP contribution is 2.29. The number of hydrogen-bond acceptors (Lipinski definition) is 3. The number of carbonyl (C=O) groups is 1. The molecule has 3 heteroatoms. The van der Waals surface area contributed by atoms with Gasteiger partial charge in [-0.15, -0.1) is 0 Å². The summed E-state index contributed by atoms with van der Waals surface area (Å²) in [5, 5.41) is 0. The van der Waals surface area contributed by atoms with E-state index in [-0.39, 0.29) is 5.97 Å². The third-order valence-corrected chi connectivity index (χ3v) is 3.14. The lowest BCUT2D eigenvalue weighted by Gasteiger charge is -2.30. The Morgan fingerprint density at radius 2 is 2.00 bits per heavy atom. The van der Waals surface area contributed by atoms with Gasteiger partial charge in [0.15, 0.2) is 0 Å². The zero-order chi connectivity index (χ0) is 13.1. The van der Waals surface area contributed by atoms with Crippen LogP contribution in [-0.2, 0) is 15.1 Å². The van der Waals surface area contributed by atoms with Gasteiger partial charge in [-0.05, 0) is 40.2 Å². The summed E-state index contributed by atoms with van der Waals surface area (Å²) in [7, 11) is 0. The number of ether oxygens (including phenoxy) is 1. The number of carbonyl (C=O) groups excluding carboxylic acids is 1. The molecule has 0 amide bonds. The molecule has 0 unspecified atom stereocenters. The van der Waals surface area contributed by atoms with Crippen LogP contribution in [0.25, 0.3) is 0 Å². The van der Waals surface area contributed by atoms with Crippen molar-refractivity contribution in [2.45, 2.75) is 46.6 Å². The van der Waals surface area contributed by atoms with Crippen molar-refractivity contribution in [3.63, 3.8) is 0 Å². The Morgan fingerprint density at radius 3 is 2.47 bits per heavy atom. The molecule has 0 N–H and O–H groups in total. The number of nitrogens with zero attached hydrogens (tertiary/aromatic N) is 1. The van der Waals surface area contributed by atoms with Gasteiger partial charge in [-0.1, -0.05) is 13.0 Å². The lowest BCUT2D eigenvalue weighted by molar-refractivity contribution is -0.168. The summed E-state index contributed by atoms with van der Waals surface area (Å²) in [6.07, 6.45) is 4.19. The third-order valence-electron chi connectivity index (χ3n) is 3.14. The van der Waals surface area contributed by atoms with Crippen molar-refractivity contribution < 1.29 is 9.53 Å². The van der Waals surface area contributed by atoms with Crippen molar-refractivity contribution >= 4 is 5.97 Å². The number of rotatable bonds is 4. The van der Waals surface area contributed by atoms with Crippen molar-refractivity contribution in [3.8, 4) is 0 Å². The number of hydrogen-bond donors (Lipinski definition) is 0. The molecule has 3 nitrogen and oxygen atoms in total. The highest BCUT2D eigenvalue weighted by Gasteiger charge is 2.33. The molecule has 0 saturated heterocycles. The summed E-state index contributed by atoms with van der Waals surface area (Å²) in [6.45, 7) is 9.54. The third kappa shape index (κ3) is 3.29. The normalized spacial score (nSPS) is 12.3. The maximum absolute atomic E-state index is 12.0. The van der Waals surface area contributed by atoms with Gasteiger partial charge in [0.05, 0.1) is 5.41 Å². The van der Waals surface area contributed by atoms with Crippen LogP contribution in [0.4, 0.5) is 0 Å². The largest absolute Gasteiger partial charge is 0.454 e. The molecule has 0 bridgehead atoms. The minimum atomic E-state index is -0.641. The van der Waals surface area contributed by atoms with Crippen molar-refractivity contribution in [1.29, 1.82) is 0 Å². The lowest BCUT2D eigenvalue weighted by atomic mass is 9.90. The molecule has 0 aliphatic carbocycles. The molecule has 0 fully saturated rings. The van der Waals surface area contributed by atoms with E-state index in [2.05, 4.69) is 4.98 Å². The molecular formula is C14H21NO2. The Bertz CT molecular complexity index is 382. The Labute approximate surface area is 103 Å². The van der Waals surface area contributed by atoms with Gasteiger partial charge in [0, 0.05) is 18.0 Å². The van der Waals surface area contributed by atoms with Crippen LogP contribution in [0.3, 0.4) is 0 Å². The van der Waals surface area contributed by atoms with Gasteiger partial charge in [0.25, 0.3) is 0 Å². The molecule has 0 spiro atoms. The van der Waals surface area contributed by atoms with Gasteiger partial charge in [-0.3, -0.25) is 9.78 Å². The fourth-order valence-corrected chi connectivity index (χ4v) is 1.29. The van der Waals surface area contributed by atoms with E-state index in [1.54, 1.807) is 12.4 Å². The quantitative estimate of drug-likeness (QED) is 0.752. The van der Waals surface area contributed by atoms with Gasteiger partial charge in [0.1, 0.15) is 5.60 Å². The summed E-state index contributed by atoms with van der Waals surface area (Å²) >= 11 is 0. The lowest BCUT2D eigenvalue weighted by Crippen LogP contribution is -2.33. The first-order valence-corrected chi connectivity index (χ1v) is 5.93. The topological polar surface area (TPSA) is 39.2 Å². The van der Waals surface area contributed by atoms with Crippen LogP contribution < -0.4 is 0 Å². The molecule has 0 aliphatic heterocycles. The average Bonchev–Trinajstić information content (AvgIpc) is 2.29. The predicted octanol–water partition coefficient (Wildman–Crippen LogP) is 3.30. The first kappa shape index (κ1) is 13.7. The van der Waals surface area contributed by atoms with E-state index in [1.807, 2.05) is 46.8 Å². The molecule has 94 valence electrons. The SMILES string of the molecule is CCC(C)(C)C(=O)OC(C)(C)c1cccnc1. The molecule has 0 saturated carbocycles. The number of esters is 1. The molecule has 1 aromatic rings. The molecule has 0 aromatic carbocycles. The van der Waals surface area contributed by atoms with E-state index in [1.165, 1.54) is 0 Å². The molecule has 0 atom stereocenters. The Balaban J connectivity index is 2.84. The van der Waals surface area contributed by atoms with Crippen molar-refractivity contribution in [2.24, 2.45) is 5.41 Å². The van der Waals surface area contributed by atoms with Gasteiger partial charge < -0.3 is 4.74 Å². The predicted molar refractivity (Wildman–Crippen MR) is 67.4 cm³/mol. The standard InChI is InChI=1S/C14H21NO2/c1-6-13(2,3)12(16)17-14(4,5)11-8-7-9-15-10-11/h7-10H,6H2,1-5H3. The minimum absolute atomic E-state index is 0.172. The van der Waals surface area contributed by atoms with Gasteiger partial charge in [0.2, 0.25) is 0 Å². The zero-order valence-electron chi connectivity index (χ0n) is 11.3. The van der Waals surface area contributed by atoms with Crippen LogP contribution in [0.2, 0.25) is 0 Å². The van der Waals surface area contributed by atoms with Gasteiger partial charge in [-0.25, -0.2) is 0 Å². The fraction of sp³-hybridized carbons (Fsp3) is 0.571. The monoisotopic (exact) mass is 235 g/mol. The Kier molecular flexibility index (Phi) is 3.91. The first-order chi connectivity index (χ1) is 7.79. The summed E-state index contributed by atoms with van der Waals surface area (Å²) in [4.78, 5) is 16.1. The smallest absolute Gasteiger partial charge is 0.312 e. The number of pyridine rings is 1. The van der Waals surface area contributed by atoms with Crippen molar-refractivity contribution in [2.75, 3.05) is 0 Å². The van der Waals surface area contributed by atoms with Crippen LogP contribution >= 0.6 is 0 Å². The van der Waals surface area contributed by atoms with E-state index in [0.717, 1.165) is 12.0 Å². The molecular weight excluding hydrogens is 214 g/mol. The van der Waals surface area contributed by atoms with Crippen LogP contribution in [0.1, 0.15) is 46.6 Å². The van der Waals surface area contributed by atoms with Gasteiger partial charge >= 0.3 is 5.97 Å². The highest BCUT2D eigenvalue weighted by atomic mass is 16.6. The summed E-state index contributed by atoms with van der Waals surface area (Å²) < 4.78 is 5.60. The van der Waals surface area contributed by atoms with E-state index in [0.29, 0.717) is 0 Å². The molecule has 1 aromatic heterocycles. The second-order valence-electron chi connectivity index (χ2n) is 5.38. The van der Waals surface area contributed by atoms with E-state index >= 15 is 0 Å². The highest BCUT2D eigenvalue weighted by molar-refractivity contribution is 5.76. The summed E-state index contributed by atoms with van der Waals surface area (Å²) in [5.41, 5.74) is -0.183.